The van der Waals surface area contributed by atoms with Gasteiger partial charge >= 0.3 is 0 Å². The second-order valence-electron chi connectivity index (χ2n) is 8.75. The average molecular weight is 487 g/mol. The molecule has 11 nitrogen and oxygen atoms in total. The van der Waals surface area contributed by atoms with Crippen LogP contribution < -0.4 is 28.1 Å². The third-order valence-corrected chi connectivity index (χ3v) is 5.09. The van der Waals surface area contributed by atoms with Crippen LogP contribution in [0.5, 0.6) is 5.88 Å². The summed E-state index contributed by atoms with van der Waals surface area (Å²) in [5.41, 5.74) is 9.78. The number of aromatic nitrogens is 3. The number of aryl methyl sites for hydroxylation is 1. The molecule has 0 spiro atoms. The number of hydrogen-bond donors (Lipinski definition) is 4. The lowest BCUT2D eigenvalue weighted by Gasteiger charge is -2.23. The zero-order valence-electron chi connectivity index (χ0n) is 21.0. The minimum Gasteiger partial charge on any atom is -0.473 e. The first-order valence-electron chi connectivity index (χ1n) is 11.0. The van der Waals surface area contributed by atoms with Gasteiger partial charge in [-0.3, -0.25) is 4.79 Å². The van der Waals surface area contributed by atoms with Gasteiger partial charge in [0, 0.05) is 18.8 Å². The maximum atomic E-state index is 9.60. The van der Waals surface area contributed by atoms with Crippen LogP contribution in [0.3, 0.4) is 0 Å². The average Bonchev–Trinajstić information content (AvgIpc) is 3.12. The quantitative estimate of drug-likeness (QED) is 0.237. The number of piperidine rings is 1. The molecule has 11 heteroatoms. The van der Waals surface area contributed by atoms with Crippen molar-refractivity contribution in [1.82, 2.24) is 32.2 Å². The van der Waals surface area contributed by atoms with Crippen molar-refractivity contribution in [3.63, 3.8) is 0 Å². The molecule has 35 heavy (non-hydrogen) atoms. The van der Waals surface area contributed by atoms with E-state index in [1.54, 1.807) is 6.33 Å². The van der Waals surface area contributed by atoms with Crippen molar-refractivity contribution >= 4 is 29.5 Å². The minimum absolute atomic E-state index is 0. The highest BCUT2D eigenvalue weighted by atomic mass is 16.5. The summed E-state index contributed by atoms with van der Waals surface area (Å²) in [6, 6.07) is 7.91. The fourth-order valence-electron chi connectivity index (χ4n) is 3.52. The number of carbonyl (C=O) groups is 1. The molecule has 0 radical (unpaired) electrons. The molecule has 3 heterocycles. The van der Waals surface area contributed by atoms with Gasteiger partial charge in [0.15, 0.2) is 0 Å². The molecule has 0 aliphatic carbocycles. The lowest BCUT2D eigenvalue weighted by atomic mass is 10.1. The third kappa shape index (κ3) is 8.02. The van der Waals surface area contributed by atoms with E-state index in [0.717, 1.165) is 53.8 Å². The smallest absolute Gasteiger partial charge is 0.293 e. The van der Waals surface area contributed by atoms with Gasteiger partial charge in [-0.2, -0.15) is 4.98 Å². The van der Waals surface area contributed by atoms with E-state index in [4.69, 9.17) is 10.5 Å². The molecule has 192 valence electrons. The SMILES string of the molecule is CC(C)(C)OC=O.Cn1cc(-c2ccc(N=CN)cc2)c2ncnc(OC3CCNCC3)c21.N.N. The maximum absolute atomic E-state index is 9.60. The van der Waals surface area contributed by atoms with Gasteiger partial charge in [0.05, 0.1) is 12.0 Å². The third-order valence-electron chi connectivity index (χ3n) is 5.09. The Hall–Kier alpha value is -3.54. The molecule has 0 unspecified atom stereocenters. The molecule has 1 fully saturated rings. The van der Waals surface area contributed by atoms with Crippen LogP contribution in [0.4, 0.5) is 5.69 Å². The van der Waals surface area contributed by atoms with Crippen LogP contribution in [0.2, 0.25) is 0 Å². The molecule has 1 aromatic carbocycles. The molecule has 1 aliphatic heterocycles. The number of ether oxygens (including phenoxy) is 2. The second kappa shape index (κ2) is 13.4. The number of nitrogens with one attached hydrogen (secondary N) is 1. The van der Waals surface area contributed by atoms with E-state index >= 15 is 0 Å². The van der Waals surface area contributed by atoms with Crippen molar-refractivity contribution in [2.75, 3.05) is 13.1 Å². The Labute approximate surface area is 206 Å². The molecule has 3 aromatic rings. The van der Waals surface area contributed by atoms with E-state index < -0.39 is 0 Å². The fraction of sp³-hybridized carbons (Fsp3) is 0.417. The summed E-state index contributed by atoms with van der Waals surface area (Å²) >= 11 is 0. The van der Waals surface area contributed by atoms with Crippen LogP contribution in [-0.4, -0.2) is 52.1 Å². The van der Waals surface area contributed by atoms with Gasteiger partial charge in [-0.15, -0.1) is 0 Å². The topological polar surface area (TPSA) is 187 Å². The number of nitrogens with zero attached hydrogens (tertiary/aromatic N) is 4. The second-order valence-corrected chi connectivity index (χ2v) is 8.75. The Morgan fingerprint density at radius 1 is 1.14 bits per heavy atom. The number of hydrogen-bond acceptors (Lipinski definition) is 9. The van der Waals surface area contributed by atoms with Gasteiger partial charge in [-0.1, -0.05) is 12.1 Å². The van der Waals surface area contributed by atoms with Gasteiger partial charge in [0.25, 0.3) is 6.47 Å². The molecule has 4 rings (SSSR count). The maximum Gasteiger partial charge on any atom is 0.293 e. The van der Waals surface area contributed by atoms with Crippen LogP contribution in [0, 0.1) is 0 Å². The highest BCUT2D eigenvalue weighted by Crippen LogP contribution is 2.33. The van der Waals surface area contributed by atoms with Gasteiger partial charge in [0.2, 0.25) is 5.88 Å². The monoisotopic (exact) mass is 486 g/mol. The zero-order chi connectivity index (χ0) is 23.8. The van der Waals surface area contributed by atoms with Crippen molar-refractivity contribution in [2.45, 2.75) is 45.3 Å². The Bertz CT molecular complexity index is 1080. The van der Waals surface area contributed by atoms with Gasteiger partial charge in [0.1, 0.15) is 29.1 Å². The first-order chi connectivity index (χ1) is 15.8. The van der Waals surface area contributed by atoms with E-state index in [-0.39, 0.29) is 24.0 Å². The van der Waals surface area contributed by atoms with E-state index in [9.17, 15) is 4.79 Å². The van der Waals surface area contributed by atoms with Crippen LogP contribution in [0.1, 0.15) is 33.6 Å². The van der Waals surface area contributed by atoms with Gasteiger partial charge < -0.3 is 37.4 Å². The molecule has 0 atom stereocenters. The summed E-state index contributed by atoms with van der Waals surface area (Å²) in [6.07, 6.45) is 7.12. The van der Waals surface area contributed by atoms with E-state index in [0.29, 0.717) is 12.4 Å². The molecular weight excluding hydrogens is 448 g/mol. The van der Waals surface area contributed by atoms with Crippen molar-refractivity contribution in [3.8, 4) is 17.0 Å². The number of aliphatic imine (C=N–C) groups is 1. The van der Waals surface area contributed by atoms with Crippen LogP contribution >= 0.6 is 0 Å². The van der Waals surface area contributed by atoms with E-state index in [1.165, 1.54) is 6.34 Å². The zero-order valence-corrected chi connectivity index (χ0v) is 21.0. The Morgan fingerprint density at radius 2 is 1.80 bits per heavy atom. The first-order valence-corrected chi connectivity index (χ1v) is 11.0. The fourth-order valence-corrected chi connectivity index (χ4v) is 3.52. The summed E-state index contributed by atoms with van der Waals surface area (Å²) in [6.45, 7) is 7.88. The summed E-state index contributed by atoms with van der Waals surface area (Å²) in [5, 5.41) is 3.35. The van der Waals surface area contributed by atoms with E-state index in [2.05, 4.69) is 31.2 Å². The van der Waals surface area contributed by atoms with Crippen LogP contribution in [0.15, 0.2) is 41.8 Å². The van der Waals surface area contributed by atoms with Crippen molar-refractivity contribution in [1.29, 1.82) is 0 Å². The van der Waals surface area contributed by atoms with Crippen molar-refractivity contribution < 1.29 is 14.3 Å². The molecule has 1 aliphatic rings. The number of benzene rings is 1. The Morgan fingerprint density at radius 3 is 2.34 bits per heavy atom. The summed E-state index contributed by atoms with van der Waals surface area (Å²) in [5.74, 6) is 0.653. The number of nitrogens with two attached hydrogens (primary N) is 1. The molecule has 9 N–H and O–H groups in total. The summed E-state index contributed by atoms with van der Waals surface area (Å²) in [7, 11) is 2.00. The first kappa shape index (κ1) is 29.5. The lowest BCUT2D eigenvalue weighted by Crippen LogP contribution is -2.34. The van der Waals surface area contributed by atoms with Crippen molar-refractivity contribution in [2.24, 2.45) is 17.8 Å². The molecule has 0 amide bonds. The lowest BCUT2D eigenvalue weighted by molar-refractivity contribution is -0.138. The largest absolute Gasteiger partial charge is 0.473 e. The summed E-state index contributed by atoms with van der Waals surface area (Å²) in [4.78, 5) is 22.6. The predicted octanol–water partition coefficient (Wildman–Crippen LogP) is 3.67. The molecule has 0 bridgehead atoms. The molecule has 2 aromatic heterocycles. The van der Waals surface area contributed by atoms with Crippen LogP contribution in [0.25, 0.3) is 22.2 Å². The molecule has 1 saturated heterocycles. The number of rotatable bonds is 5. The molecule has 0 saturated carbocycles. The Balaban J connectivity index is 0.000000601. The highest BCUT2D eigenvalue weighted by Gasteiger charge is 2.20. The Kier molecular flexibility index (Phi) is 11.3. The van der Waals surface area contributed by atoms with Gasteiger partial charge in [-0.05, 0) is 64.4 Å². The highest BCUT2D eigenvalue weighted by molar-refractivity contribution is 5.95. The number of fused-ring (bicyclic) bond motifs is 1. The normalized spacial score (nSPS) is 13.8. The molecular formula is C24H38N8O3. The van der Waals surface area contributed by atoms with E-state index in [1.807, 2.05) is 56.7 Å². The summed E-state index contributed by atoms with van der Waals surface area (Å²) < 4.78 is 12.8. The minimum atomic E-state index is -0.318. The standard InChI is InChI=1S/C19H22N6O.C5H10O2.2H3N/c1-25-10-16(13-2-4-14(5-3-13)22-11-20)17-18(25)19(24-12-23-17)26-15-6-8-21-9-7-15;1-5(2,3)7-4-6;;/h2-5,10-12,15,21H,6-9H2,1H3,(H2,20,22);4H,1-3H3;2*1H3. The van der Waals surface area contributed by atoms with Crippen molar-refractivity contribution in [3.05, 3.63) is 36.8 Å². The van der Waals surface area contributed by atoms with Gasteiger partial charge in [-0.25, -0.2) is 9.98 Å². The number of carbonyl (C=O) groups excluding carboxylic acids is 1. The van der Waals surface area contributed by atoms with Crippen LogP contribution in [-0.2, 0) is 16.6 Å². The predicted molar refractivity (Wildman–Crippen MR) is 140 cm³/mol.